The first-order valence-electron chi connectivity index (χ1n) is 9.76. The molecule has 5 rings (SSSR count). The summed E-state index contributed by atoms with van der Waals surface area (Å²) in [4.78, 5) is 16.2. The molecule has 0 spiro atoms. The number of fused-ring (bicyclic) bond motifs is 2. The quantitative estimate of drug-likeness (QED) is 0.311. The number of ether oxygens (including phenoxy) is 1. The molecule has 30 heavy (non-hydrogen) atoms. The molecule has 2 unspecified atom stereocenters. The Labute approximate surface area is 171 Å². The van der Waals surface area contributed by atoms with Crippen LogP contribution < -0.4 is 5.32 Å². The second kappa shape index (κ2) is 7.65. The predicted octanol–water partition coefficient (Wildman–Crippen LogP) is 0.574. The molecule has 0 amide bonds. The molecule has 1 saturated heterocycles. The fraction of sp³-hybridized carbons (Fsp3) is 0.350. The number of hydrogen-bond donors (Lipinski definition) is 5. The largest absolute Gasteiger partial charge is 0.394 e. The highest BCUT2D eigenvalue weighted by Gasteiger charge is 2.44. The number of aromatic nitrogens is 5. The highest BCUT2D eigenvalue weighted by molar-refractivity contribution is 5.84. The Morgan fingerprint density at radius 2 is 2.00 bits per heavy atom. The van der Waals surface area contributed by atoms with Gasteiger partial charge in [-0.2, -0.15) is 0 Å². The van der Waals surface area contributed by atoms with Gasteiger partial charge in [-0.1, -0.05) is 18.2 Å². The van der Waals surface area contributed by atoms with Crippen molar-refractivity contribution in [1.82, 2.24) is 24.5 Å². The van der Waals surface area contributed by atoms with Gasteiger partial charge in [-0.3, -0.25) is 4.57 Å². The second-order valence-electron chi connectivity index (χ2n) is 7.31. The van der Waals surface area contributed by atoms with Crippen LogP contribution in [0.3, 0.4) is 0 Å². The molecule has 5 N–H and O–H groups in total. The minimum Gasteiger partial charge on any atom is -0.394 e. The molecule has 10 heteroatoms. The third-order valence-electron chi connectivity index (χ3n) is 5.51. The number of H-pyrrole nitrogens is 1. The molecule has 4 aromatic rings. The topological polar surface area (TPSA) is 141 Å². The first-order valence-corrected chi connectivity index (χ1v) is 9.76. The Balaban J connectivity index is 1.35. The summed E-state index contributed by atoms with van der Waals surface area (Å²) in [6.07, 6.45) is 1.57. The number of hydrogen-bond acceptors (Lipinski definition) is 8. The van der Waals surface area contributed by atoms with Crippen molar-refractivity contribution in [1.29, 1.82) is 0 Å². The molecule has 0 saturated carbocycles. The van der Waals surface area contributed by atoms with Crippen LogP contribution in [-0.4, -0.2) is 71.3 Å². The summed E-state index contributed by atoms with van der Waals surface area (Å²) in [5.41, 5.74) is 3.32. The summed E-state index contributed by atoms with van der Waals surface area (Å²) in [5, 5.41) is 34.1. The molecule has 0 aliphatic carbocycles. The van der Waals surface area contributed by atoms with Crippen LogP contribution in [0.1, 0.15) is 11.8 Å². The van der Waals surface area contributed by atoms with Gasteiger partial charge in [0.15, 0.2) is 23.2 Å². The van der Waals surface area contributed by atoms with E-state index >= 15 is 0 Å². The summed E-state index contributed by atoms with van der Waals surface area (Å²) >= 11 is 0. The number of benzene rings is 1. The van der Waals surface area contributed by atoms with Crippen LogP contribution >= 0.6 is 0 Å². The van der Waals surface area contributed by atoms with Crippen LogP contribution in [0, 0.1) is 0 Å². The Morgan fingerprint density at radius 3 is 2.83 bits per heavy atom. The summed E-state index contributed by atoms with van der Waals surface area (Å²) in [7, 11) is 0. The van der Waals surface area contributed by atoms with E-state index in [9.17, 15) is 15.3 Å². The van der Waals surface area contributed by atoms with E-state index in [0.717, 1.165) is 11.9 Å². The lowest BCUT2D eigenvalue weighted by Crippen LogP contribution is -2.33. The van der Waals surface area contributed by atoms with Crippen molar-refractivity contribution in [2.45, 2.75) is 31.0 Å². The number of aromatic amines is 1. The Morgan fingerprint density at radius 1 is 1.13 bits per heavy atom. The fourth-order valence-corrected chi connectivity index (χ4v) is 3.93. The van der Waals surface area contributed by atoms with Gasteiger partial charge in [0.2, 0.25) is 0 Å². The number of anilines is 1. The summed E-state index contributed by atoms with van der Waals surface area (Å²) in [5.74, 6) is 0.574. The number of aliphatic hydroxyl groups is 3. The molecule has 1 aliphatic heterocycles. The fourth-order valence-electron chi connectivity index (χ4n) is 3.93. The second-order valence-corrected chi connectivity index (χ2v) is 7.31. The van der Waals surface area contributed by atoms with E-state index in [1.54, 1.807) is 4.57 Å². The van der Waals surface area contributed by atoms with Crippen molar-refractivity contribution >= 4 is 27.9 Å². The molecular weight excluding hydrogens is 388 g/mol. The van der Waals surface area contributed by atoms with Gasteiger partial charge in [0.25, 0.3) is 0 Å². The normalized spacial score (nSPS) is 24.1. The first kappa shape index (κ1) is 18.9. The van der Waals surface area contributed by atoms with Crippen molar-refractivity contribution < 1.29 is 20.1 Å². The van der Waals surface area contributed by atoms with E-state index in [2.05, 4.69) is 31.3 Å². The maximum atomic E-state index is 10.3. The van der Waals surface area contributed by atoms with Crippen molar-refractivity contribution in [2.24, 2.45) is 0 Å². The van der Waals surface area contributed by atoms with E-state index in [1.807, 2.05) is 24.4 Å². The van der Waals surface area contributed by atoms with Crippen molar-refractivity contribution in [3.05, 3.63) is 48.7 Å². The van der Waals surface area contributed by atoms with Crippen LogP contribution in [-0.2, 0) is 11.2 Å². The van der Waals surface area contributed by atoms with Gasteiger partial charge in [0.05, 0.1) is 12.9 Å². The molecular formula is C20H22N6O4. The monoisotopic (exact) mass is 410 g/mol. The van der Waals surface area contributed by atoms with Crippen molar-refractivity contribution in [2.75, 3.05) is 18.5 Å². The smallest absolute Gasteiger partial charge is 0.167 e. The van der Waals surface area contributed by atoms with E-state index in [-0.39, 0.29) is 0 Å². The van der Waals surface area contributed by atoms with Crippen LogP contribution in [0.4, 0.5) is 5.82 Å². The van der Waals surface area contributed by atoms with Crippen LogP contribution in [0.25, 0.3) is 22.1 Å². The van der Waals surface area contributed by atoms with Gasteiger partial charge < -0.3 is 30.4 Å². The minimum absolute atomic E-state index is 0.392. The predicted molar refractivity (Wildman–Crippen MR) is 109 cm³/mol. The summed E-state index contributed by atoms with van der Waals surface area (Å²) in [6.45, 7) is 0.256. The zero-order chi connectivity index (χ0) is 20.7. The third kappa shape index (κ3) is 3.10. The molecule has 1 aromatic carbocycles. The van der Waals surface area contributed by atoms with Crippen LogP contribution in [0.15, 0.2) is 43.1 Å². The SMILES string of the molecule is OC[C@H]1O[C@@H](n2cnc3c(NCCc4c[nH]c5ccccc45)ncnc32)C(O)C1O. The lowest BCUT2D eigenvalue weighted by Gasteiger charge is -2.16. The van der Waals surface area contributed by atoms with Gasteiger partial charge in [-0.25, -0.2) is 15.0 Å². The van der Waals surface area contributed by atoms with Gasteiger partial charge in [-0.15, -0.1) is 0 Å². The van der Waals surface area contributed by atoms with Crippen LogP contribution in [0.2, 0.25) is 0 Å². The third-order valence-corrected chi connectivity index (χ3v) is 5.51. The number of aliphatic hydroxyl groups excluding tert-OH is 3. The highest BCUT2D eigenvalue weighted by Crippen LogP contribution is 2.32. The van der Waals surface area contributed by atoms with Crippen LogP contribution in [0.5, 0.6) is 0 Å². The first-order chi connectivity index (χ1) is 14.7. The lowest BCUT2D eigenvalue weighted by atomic mass is 10.1. The van der Waals surface area contributed by atoms with Gasteiger partial charge in [-0.05, 0) is 18.1 Å². The standard InChI is InChI=1S/C20H22N6O4/c27-8-14-16(28)17(29)20(30-14)26-10-25-15-18(23-9-24-19(15)26)21-6-5-11-7-22-13-4-2-1-3-12(11)13/h1-4,7,9-10,14,16-17,20,22,27-29H,5-6,8H2,(H,21,23,24)/t14-,16?,17?,20-/m1/s1. The Bertz CT molecular complexity index is 1170. The maximum Gasteiger partial charge on any atom is 0.167 e. The number of nitrogens with one attached hydrogen (secondary N) is 2. The highest BCUT2D eigenvalue weighted by atomic mass is 16.6. The van der Waals surface area contributed by atoms with E-state index < -0.39 is 31.1 Å². The minimum atomic E-state index is -1.20. The molecule has 4 heterocycles. The lowest BCUT2D eigenvalue weighted by molar-refractivity contribution is -0.0511. The van der Waals surface area contributed by atoms with E-state index in [4.69, 9.17) is 4.74 Å². The van der Waals surface area contributed by atoms with Crippen molar-refractivity contribution in [3.63, 3.8) is 0 Å². The van der Waals surface area contributed by atoms with Gasteiger partial charge in [0, 0.05) is 23.6 Å². The van der Waals surface area contributed by atoms with Gasteiger partial charge >= 0.3 is 0 Å². The average Bonchev–Trinajstić information content (AvgIpc) is 3.45. The number of nitrogens with zero attached hydrogens (tertiary/aromatic N) is 4. The van der Waals surface area contributed by atoms with E-state index in [1.165, 1.54) is 23.6 Å². The number of imidazole rings is 1. The Hall–Kier alpha value is -3.05. The summed E-state index contributed by atoms with van der Waals surface area (Å²) < 4.78 is 7.13. The molecule has 4 atom stereocenters. The maximum absolute atomic E-state index is 10.3. The molecule has 0 bridgehead atoms. The van der Waals surface area contributed by atoms with E-state index in [0.29, 0.717) is 23.5 Å². The summed E-state index contributed by atoms with van der Waals surface area (Å²) in [6, 6.07) is 8.16. The molecule has 1 fully saturated rings. The number of para-hydroxylation sites is 1. The molecule has 10 nitrogen and oxygen atoms in total. The van der Waals surface area contributed by atoms with Gasteiger partial charge in [0.1, 0.15) is 24.6 Å². The number of rotatable bonds is 6. The zero-order valence-corrected chi connectivity index (χ0v) is 16.0. The molecule has 156 valence electrons. The Kier molecular flexibility index (Phi) is 4.83. The van der Waals surface area contributed by atoms with Crippen molar-refractivity contribution in [3.8, 4) is 0 Å². The molecule has 1 aliphatic rings. The average molecular weight is 410 g/mol. The molecule has 0 radical (unpaired) electrons. The molecule has 3 aromatic heterocycles. The zero-order valence-electron chi connectivity index (χ0n) is 16.0.